The zero-order valence-corrected chi connectivity index (χ0v) is 13.1. The summed E-state index contributed by atoms with van der Waals surface area (Å²) in [6.07, 6.45) is 3.61. The predicted octanol–water partition coefficient (Wildman–Crippen LogP) is 2.82. The lowest BCUT2D eigenvalue weighted by atomic mass is 10.1. The van der Waals surface area contributed by atoms with Crippen LogP contribution >= 0.6 is 15.9 Å². The second kappa shape index (κ2) is 5.37. The molecule has 1 N–H and O–H groups in total. The quantitative estimate of drug-likeness (QED) is 0.900. The van der Waals surface area contributed by atoms with Crippen LogP contribution in [0.25, 0.3) is 0 Å². The highest BCUT2D eigenvalue weighted by molar-refractivity contribution is 9.10. The van der Waals surface area contributed by atoms with Crippen molar-refractivity contribution in [2.24, 2.45) is 0 Å². The molecule has 0 aromatic heterocycles. The molecular weight excluding hydrogens is 320 g/mol. The number of carbonyl (C=O) groups is 1. The third-order valence-electron chi connectivity index (χ3n) is 4.68. The summed E-state index contributed by atoms with van der Waals surface area (Å²) in [6, 6.07) is 6.76. The third-order valence-corrected chi connectivity index (χ3v) is 5.17. The van der Waals surface area contributed by atoms with E-state index >= 15 is 0 Å². The number of carboxylic acid groups (broad SMARTS) is 1. The predicted molar refractivity (Wildman–Crippen MR) is 82.5 cm³/mol. The fraction of sp³-hybridized carbons (Fsp3) is 0.533. The number of rotatable bonds is 2. The van der Waals surface area contributed by atoms with Crippen molar-refractivity contribution in [3.8, 4) is 0 Å². The molecule has 108 valence electrons. The highest BCUT2D eigenvalue weighted by Gasteiger charge is 2.35. The number of hydrogen-bond donors (Lipinski definition) is 1. The van der Waals surface area contributed by atoms with Gasteiger partial charge in [-0.15, -0.1) is 0 Å². The second-order valence-corrected chi connectivity index (χ2v) is 6.67. The minimum absolute atomic E-state index is 0.389. The average Bonchev–Trinajstić information content (AvgIpc) is 2.64. The van der Waals surface area contributed by atoms with Crippen molar-refractivity contribution in [2.45, 2.75) is 31.3 Å². The molecule has 2 aliphatic heterocycles. The summed E-state index contributed by atoms with van der Waals surface area (Å²) in [6.45, 7) is 1.86. The molecule has 20 heavy (non-hydrogen) atoms. The fourth-order valence-corrected chi connectivity index (χ4v) is 3.84. The topological polar surface area (TPSA) is 43.8 Å². The van der Waals surface area contributed by atoms with Crippen LogP contribution in [0, 0.1) is 0 Å². The number of halogens is 1. The van der Waals surface area contributed by atoms with Gasteiger partial charge in [-0.1, -0.05) is 15.9 Å². The lowest BCUT2D eigenvalue weighted by molar-refractivity contribution is 0.0697. The standard InChI is InChI=1S/C15H19BrN2O2/c1-17-11-3-4-12(17)9-18(7-6-11)14-5-2-10(16)8-13(14)15(19)20/h2,5,8,11-12H,3-4,6-7,9H2,1H3,(H,19,20). The van der Waals surface area contributed by atoms with Crippen molar-refractivity contribution >= 4 is 27.6 Å². The summed E-state index contributed by atoms with van der Waals surface area (Å²) < 4.78 is 0.812. The zero-order chi connectivity index (χ0) is 14.3. The number of likely N-dealkylation sites (N-methyl/N-ethyl adjacent to an activating group) is 1. The van der Waals surface area contributed by atoms with Crippen LogP contribution in [0.3, 0.4) is 0 Å². The molecule has 1 aromatic rings. The van der Waals surface area contributed by atoms with Crippen LogP contribution in [-0.2, 0) is 0 Å². The van der Waals surface area contributed by atoms with E-state index in [1.54, 1.807) is 6.07 Å². The normalized spacial score (nSPS) is 26.6. The monoisotopic (exact) mass is 338 g/mol. The number of anilines is 1. The first-order valence-electron chi connectivity index (χ1n) is 7.06. The van der Waals surface area contributed by atoms with E-state index in [0.717, 1.165) is 29.7 Å². The Hall–Kier alpha value is -1.07. The van der Waals surface area contributed by atoms with Gasteiger partial charge in [-0.3, -0.25) is 4.90 Å². The highest BCUT2D eigenvalue weighted by Crippen LogP contribution is 2.32. The minimum atomic E-state index is -0.857. The molecule has 5 heteroatoms. The van der Waals surface area contributed by atoms with Crippen LogP contribution in [0.5, 0.6) is 0 Å². The van der Waals surface area contributed by atoms with Gasteiger partial charge < -0.3 is 10.0 Å². The van der Waals surface area contributed by atoms with Gasteiger partial charge in [0.25, 0.3) is 0 Å². The van der Waals surface area contributed by atoms with E-state index in [0.29, 0.717) is 17.6 Å². The minimum Gasteiger partial charge on any atom is -0.478 e. The van der Waals surface area contributed by atoms with Crippen molar-refractivity contribution in [1.82, 2.24) is 4.90 Å². The molecule has 0 aliphatic carbocycles. The molecule has 2 atom stereocenters. The summed E-state index contributed by atoms with van der Waals surface area (Å²) in [5.41, 5.74) is 1.24. The SMILES string of the molecule is CN1C2CCC1CN(c1ccc(Br)cc1C(=O)O)CC2. The Morgan fingerprint density at radius 2 is 2.05 bits per heavy atom. The van der Waals surface area contributed by atoms with Crippen LogP contribution in [0.15, 0.2) is 22.7 Å². The summed E-state index contributed by atoms with van der Waals surface area (Å²) in [4.78, 5) is 16.2. The maximum Gasteiger partial charge on any atom is 0.337 e. The van der Waals surface area contributed by atoms with Crippen molar-refractivity contribution in [3.05, 3.63) is 28.2 Å². The molecule has 2 fully saturated rings. The van der Waals surface area contributed by atoms with Crippen LogP contribution in [-0.4, -0.2) is 48.2 Å². The smallest absolute Gasteiger partial charge is 0.337 e. The Balaban J connectivity index is 1.91. The molecule has 0 spiro atoms. The van der Waals surface area contributed by atoms with Gasteiger partial charge in [0.05, 0.1) is 11.3 Å². The highest BCUT2D eigenvalue weighted by atomic mass is 79.9. The molecule has 2 bridgehead atoms. The first-order valence-corrected chi connectivity index (χ1v) is 7.85. The second-order valence-electron chi connectivity index (χ2n) is 5.75. The third kappa shape index (κ3) is 2.44. The molecule has 2 unspecified atom stereocenters. The molecule has 3 rings (SSSR count). The molecule has 0 amide bonds. The van der Waals surface area contributed by atoms with E-state index in [4.69, 9.17) is 0 Å². The van der Waals surface area contributed by atoms with E-state index in [2.05, 4.69) is 32.8 Å². The van der Waals surface area contributed by atoms with Crippen molar-refractivity contribution in [2.75, 3.05) is 25.0 Å². The molecule has 0 saturated carbocycles. The van der Waals surface area contributed by atoms with Gasteiger partial charge in [-0.05, 0) is 44.5 Å². The van der Waals surface area contributed by atoms with E-state index in [1.165, 1.54) is 12.8 Å². The molecular formula is C15H19BrN2O2. The summed E-state index contributed by atoms with van der Waals surface area (Å²) in [5.74, 6) is -0.857. The van der Waals surface area contributed by atoms with Crippen LogP contribution < -0.4 is 4.90 Å². The number of nitrogens with zero attached hydrogens (tertiary/aromatic N) is 2. The molecule has 4 nitrogen and oxygen atoms in total. The van der Waals surface area contributed by atoms with E-state index < -0.39 is 5.97 Å². The van der Waals surface area contributed by atoms with E-state index in [9.17, 15) is 9.90 Å². The number of fused-ring (bicyclic) bond motifs is 2. The maximum absolute atomic E-state index is 11.5. The van der Waals surface area contributed by atoms with Gasteiger partial charge in [-0.25, -0.2) is 4.79 Å². The summed E-state index contributed by atoms with van der Waals surface area (Å²) in [5, 5.41) is 9.42. The number of hydrogen-bond acceptors (Lipinski definition) is 3. The lowest BCUT2D eigenvalue weighted by Crippen LogP contribution is -2.37. The van der Waals surface area contributed by atoms with E-state index in [1.807, 2.05) is 12.1 Å². The number of benzene rings is 1. The Morgan fingerprint density at radius 1 is 1.30 bits per heavy atom. The summed E-state index contributed by atoms with van der Waals surface area (Å²) >= 11 is 3.36. The van der Waals surface area contributed by atoms with Crippen LogP contribution in [0.4, 0.5) is 5.69 Å². The van der Waals surface area contributed by atoms with Gasteiger partial charge >= 0.3 is 5.97 Å². The Labute approximate surface area is 127 Å². The summed E-state index contributed by atoms with van der Waals surface area (Å²) in [7, 11) is 2.20. The van der Waals surface area contributed by atoms with Crippen molar-refractivity contribution in [3.63, 3.8) is 0 Å². The van der Waals surface area contributed by atoms with Gasteiger partial charge in [0.15, 0.2) is 0 Å². The zero-order valence-electron chi connectivity index (χ0n) is 11.6. The van der Waals surface area contributed by atoms with Crippen molar-refractivity contribution in [1.29, 1.82) is 0 Å². The lowest BCUT2D eigenvalue weighted by Gasteiger charge is -2.28. The number of aromatic carboxylic acids is 1. The van der Waals surface area contributed by atoms with Gasteiger partial charge in [0.2, 0.25) is 0 Å². The molecule has 2 aliphatic rings. The molecule has 2 heterocycles. The van der Waals surface area contributed by atoms with Crippen LogP contribution in [0.2, 0.25) is 0 Å². The van der Waals surface area contributed by atoms with Crippen LogP contribution in [0.1, 0.15) is 29.6 Å². The van der Waals surface area contributed by atoms with Crippen molar-refractivity contribution < 1.29 is 9.90 Å². The Morgan fingerprint density at radius 3 is 2.80 bits per heavy atom. The average molecular weight is 339 g/mol. The first kappa shape index (κ1) is 13.9. The Kier molecular flexibility index (Phi) is 3.73. The number of carboxylic acids is 1. The first-order chi connectivity index (χ1) is 9.56. The largest absolute Gasteiger partial charge is 0.478 e. The van der Waals surface area contributed by atoms with E-state index in [-0.39, 0.29) is 0 Å². The molecule has 1 aromatic carbocycles. The molecule has 0 radical (unpaired) electrons. The fourth-order valence-electron chi connectivity index (χ4n) is 3.48. The van der Waals surface area contributed by atoms with Gasteiger partial charge in [0.1, 0.15) is 0 Å². The molecule has 2 saturated heterocycles. The van der Waals surface area contributed by atoms with Gasteiger partial charge in [-0.2, -0.15) is 0 Å². The Bertz CT molecular complexity index is 535. The maximum atomic E-state index is 11.5. The van der Waals surface area contributed by atoms with Gasteiger partial charge in [0, 0.05) is 29.6 Å².